The third-order valence-corrected chi connectivity index (χ3v) is 4.62. The number of hydrogen-bond donors (Lipinski definition) is 14. The molecule has 14 N–H and O–H groups in total. The first-order valence-electron chi connectivity index (χ1n) is 13.4. The summed E-state index contributed by atoms with van der Waals surface area (Å²) in [6, 6.07) is 14.5. The fourth-order valence-corrected chi connectivity index (χ4v) is 3.40. The molecule has 8 bridgehead atoms. The molecule has 2 aliphatic rings. The van der Waals surface area contributed by atoms with Gasteiger partial charge in [0.25, 0.3) is 0 Å². The van der Waals surface area contributed by atoms with Crippen molar-refractivity contribution in [2.75, 3.05) is 0 Å². The van der Waals surface area contributed by atoms with Crippen LogP contribution in [-0.2, 0) is 33.8 Å². The van der Waals surface area contributed by atoms with E-state index >= 15 is 0 Å². The van der Waals surface area contributed by atoms with Crippen LogP contribution in [0.25, 0.3) is 46.4 Å². The molecule has 0 aliphatic carbocycles. The number of nitrogens with zero attached hydrogens (tertiary/aromatic N) is 2. The van der Waals surface area contributed by atoms with Crippen LogP contribution in [0.5, 0.6) is 0 Å². The van der Waals surface area contributed by atoms with Crippen LogP contribution in [0.15, 0.2) is 55.1 Å². The first-order chi connectivity index (χ1) is 25.2. The van der Waals surface area contributed by atoms with E-state index in [9.17, 15) is 25.2 Å². The van der Waals surface area contributed by atoms with Crippen LogP contribution < -0.4 is 0 Å². The summed E-state index contributed by atoms with van der Waals surface area (Å²) in [6.45, 7) is 3.88. The molecule has 5 heterocycles. The number of H-pyrrole nitrogens is 2. The second-order valence-electron chi connectivity index (χ2n) is 9.53. The van der Waals surface area contributed by atoms with Crippen LogP contribution in [-0.4, -0.2) is 78.7 Å². The predicted octanol–water partition coefficient (Wildman–Crippen LogP) is 5.68. The van der Waals surface area contributed by atoms with Crippen molar-refractivity contribution in [1.82, 2.24) is 19.9 Å². The molecule has 322 valence electrons. The quantitative estimate of drug-likeness (QED) is 0.0575. The van der Waals surface area contributed by atoms with Gasteiger partial charge in [0.1, 0.15) is 0 Å². The van der Waals surface area contributed by atoms with E-state index in [1.54, 1.807) is 0 Å². The average Bonchev–Trinajstić information content (AvgIpc) is 3.69. The van der Waals surface area contributed by atoms with E-state index in [0.717, 1.165) is 51.3 Å². The summed E-state index contributed by atoms with van der Waals surface area (Å²) in [5, 5.41) is 0. The lowest BCUT2D eigenvalue weighted by atomic mass is 10.2. The number of aromatic amines is 2. The SMILES string of the molecule is C=CCc1cc2cc3ccc(cc4nc(cc5nc(cc1[nH]2)C=C5)C=C4)[nH]3.O=P(O)(O)F.O=P(O)(O)F.O=P(O)(O)F.O=P(O)(O)F.O=P(O)(O)F.O=P(O)(O)F. The fourth-order valence-electron chi connectivity index (χ4n) is 3.40. The summed E-state index contributed by atoms with van der Waals surface area (Å²) in [5.41, 5.74) is 9.04. The van der Waals surface area contributed by atoms with Crippen molar-refractivity contribution >= 4 is 93.8 Å². The van der Waals surface area contributed by atoms with Crippen molar-refractivity contribution in [2.24, 2.45) is 0 Å². The number of fused-ring (bicyclic) bond motifs is 8. The number of hydrogen-bond acceptors (Lipinski definition) is 8. The Bertz CT molecular complexity index is 2100. The lowest BCUT2D eigenvalue weighted by molar-refractivity contribution is 0.320. The molecule has 0 radical (unpaired) electrons. The van der Waals surface area contributed by atoms with Gasteiger partial charge in [-0.2, -0.15) is 0 Å². The average molecular weight is 950 g/mol. The molecule has 3 aromatic heterocycles. The zero-order chi connectivity index (χ0) is 45.2. The Balaban J connectivity index is 0. The van der Waals surface area contributed by atoms with Crippen molar-refractivity contribution in [2.45, 2.75) is 6.42 Å². The van der Waals surface area contributed by atoms with E-state index in [-0.39, 0.29) is 0 Å². The zero-order valence-corrected chi connectivity index (χ0v) is 32.9. The van der Waals surface area contributed by atoms with Gasteiger partial charge in [0.05, 0.1) is 22.8 Å². The van der Waals surface area contributed by atoms with E-state index in [0.29, 0.717) is 0 Å². The Labute approximate surface area is 314 Å². The summed E-state index contributed by atoms with van der Waals surface area (Å²) in [6.07, 6.45) is 10.8. The highest BCUT2D eigenvalue weighted by Gasteiger charge is 2.08. The number of rotatable bonds is 2. The Kier molecular flexibility index (Phi) is 23.6. The van der Waals surface area contributed by atoms with Gasteiger partial charge >= 0.3 is 47.4 Å². The fraction of sp³-hybridized carbons (Fsp3) is 0.0435. The molecule has 57 heavy (non-hydrogen) atoms. The Morgan fingerprint density at radius 2 is 0.772 bits per heavy atom. The van der Waals surface area contributed by atoms with E-state index in [1.165, 1.54) is 5.56 Å². The van der Waals surface area contributed by atoms with Crippen LogP contribution in [0.1, 0.15) is 28.3 Å². The smallest absolute Gasteiger partial charge is 0.355 e. The Hall–Kier alpha value is -3.18. The minimum absolute atomic E-state index is 0.805. The highest BCUT2D eigenvalue weighted by atomic mass is 31.2. The number of aromatic nitrogens is 4. The lowest BCUT2D eigenvalue weighted by Gasteiger charge is -1.90. The third-order valence-electron chi connectivity index (χ3n) is 4.62. The van der Waals surface area contributed by atoms with Crippen molar-refractivity contribution in [3.8, 4) is 0 Å². The molecule has 3 aromatic rings. The minimum atomic E-state index is -5.14. The van der Waals surface area contributed by atoms with Gasteiger partial charge in [-0.3, -0.25) is 58.7 Å². The molecule has 0 amide bonds. The van der Waals surface area contributed by atoms with E-state index < -0.39 is 47.4 Å². The summed E-state index contributed by atoms with van der Waals surface area (Å²) in [5.74, 6) is 0. The molecule has 0 fully saturated rings. The van der Waals surface area contributed by atoms with Crippen molar-refractivity contribution in [3.05, 3.63) is 83.5 Å². The van der Waals surface area contributed by atoms with Crippen molar-refractivity contribution in [3.63, 3.8) is 0 Å². The van der Waals surface area contributed by atoms with Gasteiger partial charge in [-0.05, 0) is 78.8 Å². The standard InChI is InChI=1S/C23H18N4.6FH2O3P/c1-2-3-15-10-22-13-20-7-6-18(25-20)11-16-4-5-17(24-16)12-19-8-9-21(26-19)14-23(15)27-22;6*1-5(2,3)4/h2,4-14,25,27H,1,3H2;6*(H2,2,3,4). The zero-order valence-electron chi connectivity index (χ0n) is 27.5. The second-order valence-corrected chi connectivity index (χ2v) is 15.2. The lowest BCUT2D eigenvalue weighted by Crippen LogP contribution is -1.79. The molecule has 0 atom stereocenters. The van der Waals surface area contributed by atoms with E-state index in [2.05, 4.69) is 51.9 Å². The van der Waals surface area contributed by atoms with Gasteiger partial charge in [-0.25, -0.2) is 37.4 Å². The molecule has 34 heteroatoms. The maximum absolute atomic E-state index is 10.4. The molecule has 0 saturated heterocycles. The van der Waals surface area contributed by atoms with Gasteiger partial charge in [0, 0.05) is 22.1 Å². The molecule has 0 unspecified atom stereocenters. The minimum Gasteiger partial charge on any atom is -0.355 e. The van der Waals surface area contributed by atoms with E-state index in [1.807, 2.05) is 42.5 Å². The van der Waals surface area contributed by atoms with Crippen molar-refractivity contribution < 1.29 is 111 Å². The molecule has 2 aliphatic heterocycles. The van der Waals surface area contributed by atoms with Gasteiger partial charge in [-0.1, -0.05) is 6.08 Å². The first kappa shape index (κ1) is 55.9. The Morgan fingerprint density at radius 3 is 1.11 bits per heavy atom. The summed E-state index contributed by atoms with van der Waals surface area (Å²) in [4.78, 5) is 99.8. The molecule has 22 nitrogen and oxygen atoms in total. The molecule has 0 spiro atoms. The van der Waals surface area contributed by atoms with Crippen LogP contribution in [0, 0.1) is 0 Å². The van der Waals surface area contributed by atoms with Gasteiger partial charge in [-0.15, -0.1) is 31.8 Å². The number of allylic oxidation sites excluding steroid dienone is 1. The highest BCUT2D eigenvalue weighted by molar-refractivity contribution is 7.46. The van der Waals surface area contributed by atoms with Crippen LogP contribution in [0.2, 0.25) is 0 Å². The maximum atomic E-state index is 10.4. The predicted molar refractivity (Wildman–Crippen MR) is 192 cm³/mol. The molecule has 0 saturated carbocycles. The summed E-state index contributed by atoms with van der Waals surface area (Å²) < 4.78 is 114. The van der Waals surface area contributed by atoms with E-state index in [4.69, 9.17) is 91.1 Å². The monoisotopic (exact) mass is 950 g/mol. The number of halogens is 6. The van der Waals surface area contributed by atoms with Crippen molar-refractivity contribution in [1.29, 1.82) is 0 Å². The third kappa shape index (κ3) is 45.4. The summed E-state index contributed by atoms with van der Waals surface area (Å²) in [7, 11) is -30.8. The molecule has 5 rings (SSSR count). The molecule has 0 aromatic carbocycles. The summed E-state index contributed by atoms with van der Waals surface area (Å²) >= 11 is 0. The maximum Gasteiger partial charge on any atom is 0.507 e. The molecular weight excluding hydrogens is 920 g/mol. The van der Waals surface area contributed by atoms with Gasteiger partial charge in [0.2, 0.25) is 0 Å². The Morgan fingerprint density at radius 1 is 0.474 bits per heavy atom. The van der Waals surface area contributed by atoms with Crippen LogP contribution in [0.3, 0.4) is 0 Å². The first-order valence-corrected chi connectivity index (χ1v) is 22.5. The van der Waals surface area contributed by atoms with Crippen LogP contribution in [0.4, 0.5) is 25.2 Å². The van der Waals surface area contributed by atoms with Crippen LogP contribution >= 0.6 is 47.4 Å². The van der Waals surface area contributed by atoms with Gasteiger partial charge in [0.15, 0.2) is 0 Å². The normalized spacial score (nSPS) is 12.1. The highest BCUT2D eigenvalue weighted by Crippen LogP contribution is 2.37. The van der Waals surface area contributed by atoms with Gasteiger partial charge < -0.3 is 9.97 Å². The number of nitrogens with one attached hydrogen (secondary N) is 2. The second kappa shape index (κ2) is 24.0. The topological polar surface area (TPSA) is 403 Å². The molecular formula is C23H30F6N4O18P6. The largest absolute Gasteiger partial charge is 0.507 e.